The zero-order chi connectivity index (χ0) is 23.2. The van der Waals surface area contributed by atoms with E-state index in [-0.39, 0.29) is 17.8 Å². The minimum Gasteiger partial charge on any atom is -0.490 e. The predicted octanol–water partition coefficient (Wildman–Crippen LogP) is 4.41. The Bertz CT molecular complexity index is 1080. The number of carbonyl (C=O) groups excluding carboxylic acids is 1. The number of nitrogens with zero attached hydrogens (tertiary/aromatic N) is 2. The molecule has 0 aliphatic carbocycles. The first-order valence-corrected chi connectivity index (χ1v) is 11.3. The number of benzene rings is 2. The highest BCUT2D eigenvalue weighted by molar-refractivity contribution is 5.95. The maximum Gasteiger partial charge on any atom is 0.251 e. The van der Waals surface area contributed by atoms with Gasteiger partial charge >= 0.3 is 0 Å². The van der Waals surface area contributed by atoms with Crippen LogP contribution < -0.4 is 19.7 Å². The molecular formula is C25H29FN4O3. The molecule has 0 radical (unpaired) electrons. The Labute approximate surface area is 192 Å². The van der Waals surface area contributed by atoms with Gasteiger partial charge in [-0.25, -0.2) is 4.39 Å². The number of H-pyrrole nitrogens is 1. The molecule has 33 heavy (non-hydrogen) atoms. The second-order valence-corrected chi connectivity index (χ2v) is 7.93. The summed E-state index contributed by atoms with van der Waals surface area (Å²) in [6.45, 7) is 6.35. The van der Waals surface area contributed by atoms with Crippen LogP contribution in [0.4, 0.5) is 10.2 Å². The van der Waals surface area contributed by atoms with Crippen LogP contribution in [-0.4, -0.2) is 48.4 Å². The van der Waals surface area contributed by atoms with E-state index >= 15 is 0 Å². The van der Waals surface area contributed by atoms with E-state index < -0.39 is 0 Å². The number of ether oxygens (including phenoxy) is 2. The summed E-state index contributed by atoms with van der Waals surface area (Å²) in [6, 6.07) is 13.5. The van der Waals surface area contributed by atoms with Gasteiger partial charge in [0, 0.05) is 30.8 Å². The lowest BCUT2D eigenvalue weighted by Gasteiger charge is -2.33. The van der Waals surface area contributed by atoms with Crippen LogP contribution in [0.3, 0.4) is 0 Å². The molecule has 4 rings (SSSR count). The Morgan fingerprint density at radius 3 is 2.64 bits per heavy atom. The Balaban J connectivity index is 1.41. The van der Waals surface area contributed by atoms with Crippen molar-refractivity contribution in [2.24, 2.45) is 0 Å². The quantitative estimate of drug-likeness (QED) is 0.529. The number of halogens is 1. The summed E-state index contributed by atoms with van der Waals surface area (Å²) in [4.78, 5) is 15.1. The number of nitrogens with one attached hydrogen (secondary N) is 2. The predicted molar refractivity (Wildman–Crippen MR) is 125 cm³/mol. The molecule has 1 saturated heterocycles. The molecule has 174 valence electrons. The minimum atomic E-state index is -0.269. The molecule has 1 aliphatic rings. The summed E-state index contributed by atoms with van der Waals surface area (Å²) in [5.41, 5.74) is 2.24. The monoisotopic (exact) mass is 452 g/mol. The molecule has 7 nitrogen and oxygen atoms in total. The summed E-state index contributed by atoms with van der Waals surface area (Å²) in [5, 5.41) is 10.6. The van der Waals surface area contributed by atoms with Crippen molar-refractivity contribution in [2.75, 3.05) is 31.2 Å². The number of anilines is 1. The Kier molecular flexibility index (Phi) is 7.12. The normalized spacial score (nSPS) is 15.8. The summed E-state index contributed by atoms with van der Waals surface area (Å²) >= 11 is 0. The smallest absolute Gasteiger partial charge is 0.251 e. The van der Waals surface area contributed by atoms with Crippen LogP contribution in [0, 0.1) is 5.82 Å². The number of amides is 1. The lowest BCUT2D eigenvalue weighted by molar-refractivity contribution is 0.0932. The molecule has 8 heteroatoms. The molecule has 0 bridgehead atoms. The van der Waals surface area contributed by atoms with E-state index in [1.165, 1.54) is 12.1 Å². The first-order chi connectivity index (χ1) is 16.1. The molecule has 0 saturated carbocycles. The molecule has 0 spiro atoms. The van der Waals surface area contributed by atoms with E-state index in [0.29, 0.717) is 36.8 Å². The third kappa shape index (κ3) is 5.45. The SMILES string of the molecule is CCOc1ccc(C(=O)N[C@@H]2CCCN(c3cc(-c4ccc(F)cc4)[nH]n3)C2)cc1OCC. The standard InChI is InChI=1S/C25H29FN4O3/c1-3-32-22-12-9-18(14-23(22)33-4-2)25(31)27-20-6-5-13-30(16-20)24-15-21(28-29-24)17-7-10-19(26)11-8-17/h7-12,14-15,20H,3-6,13,16H2,1-2H3,(H,27,31)(H,28,29)/t20-/m1/s1. The van der Waals surface area contributed by atoms with E-state index in [0.717, 1.165) is 36.5 Å². The number of aromatic nitrogens is 2. The van der Waals surface area contributed by atoms with Crippen molar-refractivity contribution in [3.63, 3.8) is 0 Å². The first-order valence-electron chi connectivity index (χ1n) is 11.3. The molecule has 2 N–H and O–H groups in total. The topological polar surface area (TPSA) is 79.5 Å². The fraction of sp³-hybridized carbons (Fsp3) is 0.360. The molecule has 1 atom stereocenters. The molecule has 3 aromatic rings. The van der Waals surface area contributed by atoms with Crippen LogP contribution in [-0.2, 0) is 0 Å². The Morgan fingerprint density at radius 2 is 1.88 bits per heavy atom. The van der Waals surface area contributed by atoms with Crippen molar-refractivity contribution >= 4 is 11.7 Å². The molecular weight excluding hydrogens is 423 g/mol. The highest BCUT2D eigenvalue weighted by Gasteiger charge is 2.24. The molecule has 1 fully saturated rings. The second-order valence-electron chi connectivity index (χ2n) is 7.93. The summed E-state index contributed by atoms with van der Waals surface area (Å²) in [5.74, 6) is 1.61. The van der Waals surface area contributed by atoms with Gasteiger partial charge in [-0.05, 0) is 74.7 Å². The zero-order valence-corrected chi connectivity index (χ0v) is 18.9. The number of hydrogen-bond acceptors (Lipinski definition) is 5. The van der Waals surface area contributed by atoms with Crippen LogP contribution in [0.2, 0.25) is 0 Å². The van der Waals surface area contributed by atoms with Crippen LogP contribution in [0.25, 0.3) is 11.3 Å². The lowest BCUT2D eigenvalue weighted by atomic mass is 10.0. The Morgan fingerprint density at radius 1 is 1.12 bits per heavy atom. The van der Waals surface area contributed by atoms with Gasteiger partial charge in [0.15, 0.2) is 17.3 Å². The van der Waals surface area contributed by atoms with Gasteiger partial charge in [0.25, 0.3) is 5.91 Å². The van der Waals surface area contributed by atoms with Crippen molar-refractivity contribution in [3.8, 4) is 22.8 Å². The third-order valence-electron chi connectivity index (χ3n) is 5.61. The molecule has 2 heterocycles. The minimum absolute atomic E-state index is 0.000618. The van der Waals surface area contributed by atoms with Gasteiger partial charge in [-0.1, -0.05) is 0 Å². The number of aromatic amines is 1. The largest absolute Gasteiger partial charge is 0.490 e. The van der Waals surface area contributed by atoms with Gasteiger partial charge in [0.2, 0.25) is 0 Å². The first kappa shape index (κ1) is 22.6. The van der Waals surface area contributed by atoms with Gasteiger partial charge in [-0.2, -0.15) is 5.10 Å². The molecule has 1 aliphatic heterocycles. The lowest BCUT2D eigenvalue weighted by Crippen LogP contribution is -2.48. The van der Waals surface area contributed by atoms with Crippen LogP contribution in [0.1, 0.15) is 37.0 Å². The van der Waals surface area contributed by atoms with E-state index in [4.69, 9.17) is 9.47 Å². The van der Waals surface area contributed by atoms with Crippen LogP contribution >= 0.6 is 0 Å². The molecule has 0 unspecified atom stereocenters. The highest BCUT2D eigenvalue weighted by Crippen LogP contribution is 2.29. The van der Waals surface area contributed by atoms with E-state index in [9.17, 15) is 9.18 Å². The number of carbonyl (C=O) groups is 1. The van der Waals surface area contributed by atoms with E-state index in [1.807, 2.05) is 19.9 Å². The van der Waals surface area contributed by atoms with Crippen LogP contribution in [0.5, 0.6) is 11.5 Å². The molecule has 1 aromatic heterocycles. The fourth-order valence-electron chi connectivity index (χ4n) is 4.01. The van der Waals surface area contributed by atoms with Gasteiger partial charge < -0.3 is 19.7 Å². The van der Waals surface area contributed by atoms with Crippen molar-refractivity contribution < 1.29 is 18.7 Å². The second kappa shape index (κ2) is 10.4. The van der Waals surface area contributed by atoms with E-state index in [2.05, 4.69) is 20.4 Å². The average molecular weight is 453 g/mol. The number of rotatable bonds is 8. The van der Waals surface area contributed by atoms with Gasteiger partial charge in [0.05, 0.1) is 18.9 Å². The van der Waals surface area contributed by atoms with Crippen molar-refractivity contribution in [3.05, 3.63) is 59.9 Å². The molecule has 1 amide bonds. The van der Waals surface area contributed by atoms with Gasteiger partial charge in [0.1, 0.15) is 5.82 Å². The van der Waals surface area contributed by atoms with Gasteiger partial charge in [-0.3, -0.25) is 9.89 Å². The maximum atomic E-state index is 13.2. The maximum absolute atomic E-state index is 13.2. The molecule has 2 aromatic carbocycles. The zero-order valence-electron chi connectivity index (χ0n) is 18.9. The van der Waals surface area contributed by atoms with Crippen molar-refractivity contribution in [1.82, 2.24) is 15.5 Å². The highest BCUT2D eigenvalue weighted by atomic mass is 19.1. The summed E-state index contributed by atoms with van der Waals surface area (Å²) in [6.07, 6.45) is 1.84. The average Bonchev–Trinajstić information content (AvgIpc) is 3.31. The van der Waals surface area contributed by atoms with E-state index in [1.54, 1.807) is 30.3 Å². The van der Waals surface area contributed by atoms with Gasteiger partial charge in [-0.15, -0.1) is 0 Å². The van der Waals surface area contributed by atoms with Crippen molar-refractivity contribution in [1.29, 1.82) is 0 Å². The number of piperidine rings is 1. The van der Waals surface area contributed by atoms with Crippen molar-refractivity contribution in [2.45, 2.75) is 32.7 Å². The Hall–Kier alpha value is -3.55. The number of hydrogen-bond donors (Lipinski definition) is 2. The fourth-order valence-corrected chi connectivity index (χ4v) is 4.01. The summed E-state index contributed by atoms with van der Waals surface area (Å²) < 4.78 is 24.4. The van der Waals surface area contributed by atoms with Crippen LogP contribution in [0.15, 0.2) is 48.5 Å². The summed E-state index contributed by atoms with van der Waals surface area (Å²) in [7, 11) is 0. The third-order valence-corrected chi connectivity index (χ3v) is 5.61.